The minimum absolute atomic E-state index is 0.113. The lowest BCUT2D eigenvalue weighted by atomic mass is 10.2. The van der Waals surface area contributed by atoms with Crippen LogP contribution < -0.4 is 11.1 Å². The second-order valence-electron chi connectivity index (χ2n) is 3.85. The summed E-state index contributed by atoms with van der Waals surface area (Å²) in [6, 6.07) is 7.11. The summed E-state index contributed by atoms with van der Waals surface area (Å²) >= 11 is 4.88. The highest BCUT2D eigenvalue weighted by molar-refractivity contribution is 7.80. The number of nitrogens with one attached hydrogen (secondary N) is 1. The molecule has 1 aromatic rings. The summed E-state index contributed by atoms with van der Waals surface area (Å²) in [4.78, 5) is 11.9. The molecule has 0 saturated heterocycles. The van der Waals surface area contributed by atoms with Crippen LogP contribution in [0.5, 0.6) is 0 Å². The number of benzene rings is 1. The van der Waals surface area contributed by atoms with Crippen molar-refractivity contribution in [1.82, 2.24) is 0 Å². The average molecular weight is 282 g/mol. The van der Waals surface area contributed by atoms with Gasteiger partial charge in [-0.15, -0.1) is 0 Å². The Kier molecular flexibility index (Phi) is 7.02. The highest BCUT2D eigenvalue weighted by atomic mass is 32.1. The van der Waals surface area contributed by atoms with Crippen molar-refractivity contribution in [2.75, 3.05) is 32.2 Å². The minimum Gasteiger partial charge on any atom is -0.389 e. The van der Waals surface area contributed by atoms with E-state index in [-0.39, 0.29) is 5.91 Å². The molecule has 0 fully saturated rings. The van der Waals surface area contributed by atoms with E-state index < -0.39 is 0 Å². The summed E-state index contributed by atoms with van der Waals surface area (Å²) in [6.45, 7) is 1.38. The summed E-state index contributed by atoms with van der Waals surface area (Å²) in [5.41, 5.74) is 6.93. The van der Waals surface area contributed by atoms with Gasteiger partial charge in [0.2, 0.25) is 5.91 Å². The largest absolute Gasteiger partial charge is 0.389 e. The lowest BCUT2D eigenvalue weighted by Crippen LogP contribution is -2.16. The molecule has 0 aliphatic carbocycles. The number of ether oxygens (including phenoxy) is 2. The van der Waals surface area contributed by atoms with Gasteiger partial charge in [0.15, 0.2) is 0 Å². The zero-order valence-electron chi connectivity index (χ0n) is 10.8. The van der Waals surface area contributed by atoms with E-state index in [9.17, 15) is 4.79 Å². The predicted molar refractivity (Wildman–Crippen MR) is 78.3 cm³/mol. The fraction of sp³-hybridized carbons (Fsp3) is 0.385. The molecule has 1 rings (SSSR count). The molecule has 104 valence electrons. The van der Waals surface area contributed by atoms with Crippen molar-refractivity contribution in [2.45, 2.75) is 6.42 Å². The van der Waals surface area contributed by atoms with Gasteiger partial charge in [0.25, 0.3) is 0 Å². The van der Waals surface area contributed by atoms with Gasteiger partial charge in [-0.3, -0.25) is 4.79 Å². The van der Waals surface area contributed by atoms with Gasteiger partial charge >= 0.3 is 0 Å². The maximum Gasteiger partial charge on any atom is 0.226 e. The Morgan fingerprint density at radius 3 is 2.84 bits per heavy atom. The fourth-order valence-electron chi connectivity index (χ4n) is 1.38. The van der Waals surface area contributed by atoms with Gasteiger partial charge < -0.3 is 20.5 Å². The zero-order valence-corrected chi connectivity index (χ0v) is 11.7. The van der Waals surface area contributed by atoms with E-state index >= 15 is 0 Å². The smallest absolute Gasteiger partial charge is 0.226 e. The highest BCUT2D eigenvalue weighted by Crippen LogP contribution is 2.10. The van der Waals surface area contributed by atoms with Gasteiger partial charge in [0.1, 0.15) is 4.99 Å². The van der Waals surface area contributed by atoms with Crippen LogP contribution in [0.3, 0.4) is 0 Å². The molecule has 0 aliphatic rings. The van der Waals surface area contributed by atoms with Crippen LogP contribution in [0.4, 0.5) is 5.69 Å². The van der Waals surface area contributed by atoms with E-state index in [1.807, 2.05) is 0 Å². The van der Waals surface area contributed by atoms with Crippen LogP contribution in [-0.2, 0) is 14.3 Å². The van der Waals surface area contributed by atoms with Crippen LogP contribution in [0.15, 0.2) is 24.3 Å². The van der Waals surface area contributed by atoms with Gasteiger partial charge in [-0.2, -0.15) is 0 Å². The standard InChI is InChI=1S/C13H18N2O3S/c1-17-7-8-18-6-5-12(16)15-11-4-2-3-10(9-11)13(14)19/h2-4,9H,5-8H2,1H3,(H2,14,19)(H,15,16). The first-order valence-electron chi connectivity index (χ1n) is 5.90. The Morgan fingerprint density at radius 2 is 2.16 bits per heavy atom. The number of hydrogen-bond donors (Lipinski definition) is 2. The van der Waals surface area contributed by atoms with E-state index in [1.165, 1.54) is 0 Å². The Labute approximate surface area is 118 Å². The number of rotatable bonds is 8. The second-order valence-corrected chi connectivity index (χ2v) is 4.29. The Hall–Kier alpha value is -1.50. The van der Waals surface area contributed by atoms with Crippen molar-refractivity contribution in [2.24, 2.45) is 5.73 Å². The number of anilines is 1. The molecule has 19 heavy (non-hydrogen) atoms. The van der Waals surface area contributed by atoms with Gasteiger partial charge in [0, 0.05) is 18.4 Å². The third-order valence-electron chi connectivity index (χ3n) is 2.34. The van der Waals surface area contributed by atoms with Crippen molar-refractivity contribution in [3.8, 4) is 0 Å². The van der Waals surface area contributed by atoms with E-state index in [2.05, 4.69) is 5.32 Å². The molecule has 6 heteroatoms. The summed E-state index contributed by atoms with van der Waals surface area (Å²) in [7, 11) is 1.60. The first kappa shape index (κ1) is 15.6. The molecule has 0 spiro atoms. The predicted octanol–water partition coefficient (Wildman–Crippen LogP) is 1.31. The zero-order chi connectivity index (χ0) is 14.1. The average Bonchev–Trinajstić information content (AvgIpc) is 2.38. The first-order valence-corrected chi connectivity index (χ1v) is 6.30. The molecular formula is C13H18N2O3S. The lowest BCUT2D eigenvalue weighted by molar-refractivity contribution is -0.117. The lowest BCUT2D eigenvalue weighted by Gasteiger charge is -2.07. The molecule has 0 atom stereocenters. The summed E-state index contributed by atoms with van der Waals surface area (Å²) in [5, 5.41) is 2.76. The van der Waals surface area contributed by atoms with Gasteiger partial charge in [-0.1, -0.05) is 24.4 Å². The number of amides is 1. The van der Waals surface area contributed by atoms with Crippen LogP contribution in [-0.4, -0.2) is 37.8 Å². The fourth-order valence-corrected chi connectivity index (χ4v) is 1.51. The van der Waals surface area contributed by atoms with E-state index in [4.69, 9.17) is 27.4 Å². The van der Waals surface area contributed by atoms with Crippen LogP contribution in [0.25, 0.3) is 0 Å². The first-order chi connectivity index (χ1) is 9.13. The van der Waals surface area contributed by atoms with Crippen molar-refractivity contribution in [3.63, 3.8) is 0 Å². The molecule has 3 N–H and O–H groups in total. The summed E-state index contributed by atoms with van der Waals surface area (Å²) in [5.74, 6) is -0.113. The van der Waals surface area contributed by atoms with Crippen LogP contribution >= 0.6 is 12.2 Å². The monoisotopic (exact) mass is 282 g/mol. The molecular weight excluding hydrogens is 264 g/mol. The SMILES string of the molecule is COCCOCCC(=O)Nc1cccc(C(N)=S)c1. The van der Waals surface area contributed by atoms with Crippen LogP contribution in [0.1, 0.15) is 12.0 Å². The van der Waals surface area contributed by atoms with E-state index in [1.54, 1.807) is 31.4 Å². The third kappa shape index (κ3) is 6.28. The van der Waals surface area contributed by atoms with Crippen molar-refractivity contribution < 1.29 is 14.3 Å². The van der Waals surface area contributed by atoms with E-state index in [0.717, 1.165) is 5.56 Å². The molecule has 0 radical (unpaired) electrons. The molecule has 5 nitrogen and oxygen atoms in total. The topological polar surface area (TPSA) is 73.6 Å². The van der Waals surface area contributed by atoms with Crippen LogP contribution in [0, 0.1) is 0 Å². The maximum absolute atomic E-state index is 11.6. The number of carbonyl (C=O) groups excluding carboxylic acids is 1. The van der Waals surface area contributed by atoms with Crippen molar-refractivity contribution >= 4 is 28.8 Å². The van der Waals surface area contributed by atoms with Gasteiger partial charge in [-0.05, 0) is 12.1 Å². The highest BCUT2D eigenvalue weighted by Gasteiger charge is 2.04. The second kappa shape index (κ2) is 8.58. The number of carbonyl (C=O) groups is 1. The van der Waals surface area contributed by atoms with Crippen molar-refractivity contribution in [3.05, 3.63) is 29.8 Å². The molecule has 1 aromatic carbocycles. The molecule has 0 unspecified atom stereocenters. The van der Waals surface area contributed by atoms with Gasteiger partial charge in [-0.25, -0.2) is 0 Å². The minimum atomic E-state index is -0.113. The van der Waals surface area contributed by atoms with Crippen molar-refractivity contribution in [1.29, 1.82) is 0 Å². The normalized spacial score (nSPS) is 10.2. The summed E-state index contributed by atoms with van der Waals surface area (Å²) < 4.78 is 10.0. The molecule has 0 heterocycles. The van der Waals surface area contributed by atoms with E-state index in [0.29, 0.717) is 36.9 Å². The quantitative estimate of drug-likeness (QED) is 0.555. The molecule has 0 bridgehead atoms. The molecule has 0 aliphatic heterocycles. The number of nitrogens with two attached hydrogens (primary N) is 1. The number of thiocarbonyl (C=S) groups is 1. The number of hydrogen-bond acceptors (Lipinski definition) is 4. The molecule has 0 saturated carbocycles. The van der Waals surface area contributed by atoms with Gasteiger partial charge in [0.05, 0.1) is 26.2 Å². The third-order valence-corrected chi connectivity index (χ3v) is 2.57. The Morgan fingerprint density at radius 1 is 1.37 bits per heavy atom. The Bertz CT molecular complexity index is 438. The molecule has 0 aromatic heterocycles. The molecule has 1 amide bonds. The maximum atomic E-state index is 11.6. The summed E-state index contributed by atoms with van der Waals surface area (Å²) in [6.07, 6.45) is 0.293. The Balaban J connectivity index is 2.35. The number of methoxy groups -OCH3 is 1. The van der Waals surface area contributed by atoms with Crippen LogP contribution in [0.2, 0.25) is 0 Å².